The summed E-state index contributed by atoms with van der Waals surface area (Å²) in [6.07, 6.45) is 0. The molecule has 0 aliphatic rings. The largest absolute Gasteiger partial charge is 2.00 e. The molecule has 71 valence electrons. The molecule has 0 heterocycles. The molecular weight excluding hydrogens is 218 g/mol. The number of hydrogen-bond donors (Lipinski definition) is 0. The molecule has 0 fully saturated rings. The number of carboxylic acids is 1. The van der Waals surface area contributed by atoms with E-state index in [1.165, 1.54) is 0 Å². The van der Waals surface area contributed by atoms with Crippen LogP contribution in [-0.4, -0.2) is 22.2 Å². The van der Waals surface area contributed by atoms with Crippen molar-refractivity contribution in [1.29, 1.82) is 0 Å². The van der Waals surface area contributed by atoms with Crippen molar-refractivity contribution >= 4 is 18.6 Å². The van der Waals surface area contributed by atoms with Crippen LogP contribution >= 0.6 is 0 Å². The fourth-order valence-corrected chi connectivity index (χ4v) is 0.412. The van der Waals surface area contributed by atoms with Crippen molar-refractivity contribution in [3.8, 4) is 0 Å². The first-order valence-electron chi connectivity index (χ1n) is 2.52. The van der Waals surface area contributed by atoms with Crippen molar-refractivity contribution in [3.05, 3.63) is 5.73 Å². The quantitative estimate of drug-likeness (QED) is 0.437. The van der Waals surface area contributed by atoms with Gasteiger partial charge in [-0.15, -0.1) is 0 Å². The van der Waals surface area contributed by atoms with Crippen LogP contribution in [0.4, 0.5) is 0 Å². The van der Waals surface area contributed by atoms with Crippen LogP contribution in [0.3, 0.4) is 0 Å². The Bertz CT molecular complexity index is 125. The van der Waals surface area contributed by atoms with Gasteiger partial charge in [-0.1, -0.05) is 0 Å². The summed E-state index contributed by atoms with van der Waals surface area (Å²) < 4.78 is -0.709. The van der Waals surface area contributed by atoms with Crippen LogP contribution in [0.25, 0.3) is 5.73 Å². The molecule has 4 nitrogen and oxygen atoms in total. The van der Waals surface area contributed by atoms with E-state index in [1.807, 2.05) is 0 Å². The van der Waals surface area contributed by atoms with Gasteiger partial charge in [-0.2, -0.15) is 0 Å². The molecule has 2 N–H and O–H groups in total. The SMILES string of the molecule is CC(C)([SH2+])C([NH-])C(=O)[O-].[Cu+2].[OH-]. The summed E-state index contributed by atoms with van der Waals surface area (Å²) in [7, 11) is 0. The zero-order chi connectivity index (χ0) is 7.65. The van der Waals surface area contributed by atoms with E-state index in [0.29, 0.717) is 0 Å². The number of rotatable bonds is 2. The number of aliphatic carboxylic acids is 1. The molecule has 0 rings (SSSR count). The van der Waals surface area contributed by atoms with Crippen molar-refractivity contribution in [3.63, 3.8) is 0 Å². The molecule has 0 aromatic heterocycles. The Labute approximate surface area is 81.7 Å². The van der Waals surface area contributed by atoms with Gasteiger partial charge in [0, 0.05) is 5.97 Å². The smallest absolute Gasteiger partial charge is 0.870 e. The maximum absolute atomic E-state index is 10.0. The molecule has 0 aromatic carbocycles. The minimum absolute atomic E-state index is 0. The Kier molecular flexibility index (Phi) is 9.24. The number of carbonyl (C=O) groups excluding carboxylic acids is 1. The first-order valence-corrected chi connectivity index (χ1v) is 3.02. The van der Waals surface area contributed by atoms with Gasteiger partial charge >= 0.3 is 17.1 Å². The first-order chi connectivity index (χ1) is 3.85. The van der Waals surface area contributed by atoms with E-state index in [-0.39, 0.29) is 22.5 Å². The topological polar surface area (TPSA) is 93.9 Å². The van der Waals surface area contributed by atoms with Gasteiger partial charge in [0.2, 0.25) is 0 Å². The second kappa shape index (κ2) is 5.85. The molecule has 0 aliphatic carbocycles. The van der Waals surface area contributed by atoms with E-state index in [9.17, 15) is 9.90 Å². The third kappa shape index (κ3) is 6.65. The third-order valence-electron chi connectivity index (χ3n) is 0.957. The van der Waals surface area contributed by atoms with Crippen molar-refractivity contribution in [1.82, 2.24) is 0 Å². The number of nitrogens with one attached hydrogen (secondary N) is 1. The van der Waals surface area contributed by atoms with Gasteiger partial charge in [0.15, 0.2) is 0 Å². The van der Waals surface area contributed by atoms with E-state index >= 15 is 0 Å². The van der Waals surface area contributed by atoms with Crippen LogP contribution in [0.5, 0.6) is 0 Å². The van der Waals surface area contributed by atoms with Crippen molar-refractivity contribution in [2.45, 2.75) is 24.6 Å². The molecule has 0 amide bonds. The van der Waals surface area contributed by atoms with E-state index in [4.69, 9.17) is 5.73 Å². The first kappa shape index (κ1) is 17.4. The normalized spacial score (nSPS) is 12.4. The molecule has 1 atom stereocenters. The summed E-state index contributed by atoms with van der Waals surface area (Å²) in [4.78, 5) is 10.0. The average Bonchev–Trinajstić information content (AvgIpc) is 1.62. The maximum atomic E-state index is 10.0. The second-order valence-electron chi connectivity index (χ2n) is 2.47. The van der Waals surface area contributed by atoms with Gasteiger partial charge in [0.25, 0.3) is 0 Å². The van der Waals surface area contributed by atoms with E-state index in [1.54, 1.807) is 13.8 Å². The molecule has 6 heteroatoms. The summed E-state index contributed by atoms with van der Waals surface area (Å²) in [5.41, 5.74) is 6.97. The van der Waals surface area contributed by atoms with E-state index in [2.05, 4.69) is 12.6 Å². The van der Waals surface area contributed by atoms with Crippen LogP contribution in [0, 0.1) is 0 Å². The van der Waals surface area contributed by atoms with Crippen LogP contribution in [0.1, 0.15) is 13.8 Å². The van der Waals surface area contributed by atoms with E-state index < -0.39 is 16.8 Å². The molecule has 0 bridgehead atoms. The van der Waals surface area contributed by atoms with Crippen LogP contribution in [0.15, 0.2) is 0 Å². The molecule has 1 unspecified atom stereocenters. The maximum Gasteiger partial charge on any atom is 2.00 e. The zero-order valence-corrected chi connectivity index (χ0v) is 8.08. The predicted octanol–water partition coefficient (Wildman–Crippen LogP) is -1.23. The van der Waals surface area contributed by atoms with Gasteiger partial charge in [-0.3, -0.25) is 0 Å². The Hall–Kier alpha value is 0.259. The predicted molar refractivity (Wildman–Crippen MR) is 39.3 cm³/mol. The van der Waals surface area contributed by atoms with Crippen molar-refractivity contribution in [2.75, 3.05) is 0 Å². The molecule has 11 heavy (non-hydrogen) atoms. The summed E-state index contributed by atoms with van der Waals surface area (Å²) in [6.45, 7) is 3.22. The Morgan fingerprint density at radius 1 is 1.64 bits per heavy atom. The standard InChI is InChI=1S/C5H10NO2S.Cu.H2O/c1-5(2,9)3(6)4(7)8;;/h3,6,9H,1-2H3,(H,7,8);;1H2/q-1;+2;/p-1. The summed E-state index contributed by atoms with van der Waals surface area (Å²) >= 11 is 3.09. The van der Waals surface area contributed by atoms with Gasteiger partial charge < -0.3 is 21.1 Å². The second-order valence-corrected chi connectivity index (χ2v) is 3.76. The molecule has 1 radical (unpaired) electrons. The Balaban J connectivity index is -0.000000320. The minimum Gasteiger partial charge on any atom is -0.870 e. The number of carboxylic acid groups (broad SMARTS) is 1. The van der Waals surface area contributed by atoms with E-state index in [0.717, 1.165) is 0 Å². The van der Waals surface area contributed by atoms with Crippen LogP contribution in [0.2, 0.25) is 0 Å². The summed E-state index contributed by atoms with van der Waals surface area (Å²) in [5.74, 6) is -1.35. The summed E-state index contributed by atoms with van der Waals surface area (Å²) in [6, 6.07) is -1.21. The summed E-state index contributed by atoms with van der Waals surface area (Å²) in [5, 5.41) is 10.0. The molecule has 0 aromatic rings. The fourth-order valence-electron chi connectivity index (χ4n) is 0.295. The van der Waals surface area contributed by atoms with Gasteiger partial charge in [-0.05, 0) is 32.5 Å². The molecule has 0 aliphatic heterocycles. The van der Waals surface area contributed by atoms with Crippen molar-refractivity contribution in [2.24, 2.45) is 0 Å². The van der Waals surface area contributed by atoms with Crippen molar-refractivity contribution < 1.29 is 32.4 Å². The minimum atomic E-state index is -1.35. The van der Waals surface area contributed by atoms with Gasteiger partial charge in [0.1, 0.15) is 4.75 Å². The fraction of sp³-hybridized carbons (Fsp3) is 0.800. The molecule has 0 saturated carbocycles. The zero-order valence-electron chi connectivity index (χ0n) is 6.14. The average molecular weight is 229 g/mol. The Morgan fingerprint density at radius 2 is 1.91 bits per heavy atom. The number of hydrogen-bond acceptors (Lipinski definition) is 3. The molecule has 0 spiro atoms. The van der Waals surface area contributed by atoms with Gasteiger partial charge in [-0.25, -0.2) is 0 Å². The molecule has 0 saturated heterocycles. The van der Waals surface area contributed by atoms with Crippen LogP contribution < -0.4 is 5.11 Å². The number of carbonyl (C=O) groups is 1. The monoisotopic (exact) mass is 228 g/mol. The third-order valence-corrected chi connectivity index (χ3v) is 1.25. The van der Waals surface area contributed by atoms with Crippen LogP contribution in [-0.2, 0) is 34.5 Å². The molecular formula is C5H11CuNO3S. The van der Waals surface area contributed by atoms with Gasteiger partial charge in [0.05, 0.1) is 0 Å². The Morgan fingerprint density at radius 3 is 1.91 bits per heavy atom.